The molecule has 0 unspecified atom stereocenters. The summed E-state index contributed by atoms with van der Waals surface area (Å²) in [5.41, 5.74) is -0.358. The number of hydrogen-bond acceptors (Lipinski definition) is 4. The van der Waals surface area contributed by atoms with Gasteiger partial charge in [0.05, 0.1) is 11.8 Å². The second-order valence-electron chi connectivity index (χ2n) is 4.14. The predicted molar refractivity (Wildman–Crippen MR) is 68.3 cm³/mol. The van der Waals surface area contributed by atoms with Crippen LogP contribution in [0.4, 0.5) is 13.2 Å². The highest BCUT2D eigenvalue weighted by atomic mass is 32.1. The van der Waals surface area contributed by atoms with E-state index in [1.807, 2.05) is 0 Å². The molecule has 1 aromatic carbocycles. The van der Waals surface area contributed by atoms with Crippen LogP contribution >= 0.6 is 11.3 Å². The van der Waals surface area contributed by atoms with Crippen molar-refractivity contribution in [1.82, 2.24) is 14.6 Å². The minimum atomic E-state index is -4.38. The van der Waals surface area contributed by atoms with Crippen molar-refractivity contribution in [2.45, 2.75) is 6.18 Å². The lowest BCUT2D eigenvalue weighted by atomic mass is 10.1. The van der Waals surface area contributed by atoms with Gasteiger partial charge in [-0.3, -0.25) is 0 Å². The fourth-order valence-corrected chi connectivity index (χ4v) is 2.61. The van der Waals surface area contributed by atoms with Crippen LogP contribution in [-0.4, -0.2) is 25.7 Å². The molecule has 21 heavy (non-hydrogen) atoms. The third kappa shape index (κ3) is 2.47. The number of benzene rings is 1. The smallest absolute Gasteiger partial charge is 0.416 e. The number of carboxylic acid groups (broad SMARTS) is 1. The first-order chi connectivity index (χ1) is 9.84. The number of aromatic carboxylic acids is 1. The highest BCUT2D eigenvalue weighted by molar-refractivity contribution is 7.19. The summed E-state index contributed by atoms with van der Waals surface area (Å²) in [5.74, 6) is -1.16. The lowest BCUT2D eigenvalue weighted by molar-refractivity contribution is -0.137. The standard InChI is InChI=1S/C12H6F3N3O2S/c13-12(14,15)7-3-1-6(2-4-7)9-17-18-5-8(10(19)20)16-11(18)21-9/h1-5H,(H,19,20). The Balaban J connectivity index is 1.96. The molecule has 0 aliphatic carbocycles. The molecule has 2 aromatic heterocycles. The van der Waals surface area contributed by atoms with Gasteiger partial charge in [0.2, 0.25) is 4.96 Å². The number of halogens is 3. The Morgan fingerprint density at radius 1 is 1.24 bits per heavy atom. The maximum absolute atomic E-state index is 12.5. The van der Waals surface area contributed by atoms with Crippen LogP contribution < -0.4 is 0 Å². The van der Waals surface area contributed by atoms with Crippen LogP contribution in [0.3, 0.4) is 0 Å². The maximum atomic E-state index is 12.5. The van der Waals surface area contributed by atoms with Gasteiger partial charge in [0, 0.05) is 5.56 Å². The second-order valence-corrected chi connectivity index (χ2v) is 5.10. The van der Waals surface area contributed by atoms with Crippen molar-refractivity contribution in [3.8, 4) is 10.6 Å². The number of fused-ring (bicyclic) bond motifs is 1. The molecular weight excluding hydrogens is 307 g/mol. The van der Waals surface area contributed by atoms with E-state index in [4.69, 9.17) is 5.11 Å². The molecule has 108 valence electrons. The van der Waals surface area contributed by atoms with Gasteiger partial charge in [0.15, 0.2) is 5.69 Å². The van der Waals surface area contributed by atoms with Gasteiger partial charge in [-0.25, -0.2) is 14.3 Å². The van der Waals surface area contributed by atoms with E-state index < -0.39 is 17.7 Å². The quantitative estimate of drug-likeness (QED) is 0.789. The molecule has 5 nitrogen and oxygen atoms in total. The first kappa shape index (κ1) is 13.6. The molecule has 2 heterocycles. The fourth-order valence-electron chi connectivity index (χ4n) is 1.72. The topological polar surface area (TPSA) is 67.5 Å². The largest absolute Gasteiger partial charge is 0.476 e. The summed E-state index contributed by atoms with van der Waals surface area (Å²) in [6.45, 7) is 0. The Labute approximate surface area is 119 Å². The molecule has 0 saturated heterocycles. The van der Waals surface area contributed by atoms with Crippen molar-refractivity contribution in [1.29, 1.82) is 0 Å². The Morgan fingerprint density at radius 3 is 2.43 bits per heavy atom. The Bertz CT molecular complexity index is 789. The van der Waals surface area contributed by atoms with Gasteiger partial charge in [-0.2, -0.15) is 18.3 Å². The summed E-state index contributed by atoms with van der Waals surface area (Å²) in [5, 5.41) is 13.4. The van der Waals surface area contributed by atoms with E-state index in [0.29, 0.717) is 15.5 Å². The van der Waals surface area contributed by atoms with Gasteiger partial charge >= 0.3 is 12.1 Å². The Kier molecular flexibility index (Phi) is 2.94. The van der Waals surface area contributed by atoms with Crippen molar-refractivity contribution >= 4 is 22.3 Å². The van der Waals surface area contributed by atoms with E-state index in [-0.39, 0.29) is 5.69 Å². The molecule has 0 radical (unpaired) electrons. The van der Waals surface area contributed by atoms with E-state index in [1.54, 1.807) is 0 Å². The zero-order valence-corrected chi connectivity index (χ0v) is 10.9. The number of alkyl halides is 3. The highest BCUT2D eigenvalue weighted by Gasteiger charge is 2.30. The molecule has 3 aromatic rings. The van der Waals surface area contributed by atoms with E-state index in [2.05, 4.69) is 10.1 Å². The number of rotatable bonds is 2. The van der Waals surface area contributed by atoms with Crippen molar-refractivity contribution < 1.29 is 23.1 Å². The van der Waals surface area contributed by atoms with Crippen LogP contribution in [0.2, 0.25) is 0 Å². The molecule has 0 bridgehead atoms. The number of imidazole rings is 1. The number of carboxylic acids is 1. The average molecular weight is 313 g/mol. The molecule has 3 rings (SSSR count). The molecule has 0 spiro atoms. The number of hydrogen-bond donors (Lipinski definition) is 1. The van der Waals surface area contributed by atoms with Crippen LogP contribution in [-0.2, 0) is 6.18 Å². The van der Waals surface area contributed by atoms with Crippen LogP contribution in [0.15, 0.2) is 30.5 Å². The van der Waals surface area contributed by atoms with E-state index in [0.717, 1.165) is 23.5 Å². The minimum absolute atomic E-state index is 0.132. The molecule has 0 atom stereocenters. The molecule has 0 amide bonds. The second kappa shape index (κ2) is 4.55. The Hall–Kier alpha value is -2.42. The highest BCUT2D eigenvalue weighted by Crippen LogP contribution is 2.32. The molecule has 0 saturated carbocycles. The van der Waals surface area contributed by atoms with Crippen molar-refractivity contribution in [2.75, 3.05) is 0 Å². The van der Waals surface area contributed by atoms with Crippen molar-refractivity contribution in [3.05, 3.63) is 41.7 Å². The minimum Gasteiger partial charge on any atom is -0.476 e. The summed E-state index contributed by atoms with van der Waals surface area (Å²) < 4.78 is 38.7. The summed E-state index contributed by atoms with van der Waals surface area (Å²) >= 11 is 1.10. The summed E-state index contributed by atoms with van der Waals surface area (Å²) in [7, 11) is 0. The Morgan fingerprint density at radius 2 is 1.90 bits per heavy atom. The average Bonchev–Trinajstić information content (AvgIpc) is 2.95. The lowest BCUT2D eigenvalue weighted by Crippen LogP contribution is -2.03. The molecule has 1 N–H and O–H groups in total. The van der Waals surface area contributed by atoms with Crippen LogP contribution in [0.25, 0.3) is 15.5 Å². The lowest BCUT2D eigenvalue weighted by Gasteiger charge is -2.06. The molecule has 0 aliphatic rings. The zero-order valence-electron chi connectivity index (χ0n) is 10.1. The molecule has 9 heteroatoms. The first-order valence-corrected chi connectivity index (χ1v) is 6.43. The van der Waals surface area contributed by atoms with Crippen molar-refractivity contribution in [2.24, 2.45) is 0 Å². The van der Waals surface area contributed by atoms with Crippen molar-refractivity contribution in [3.63, 3.8) is 0 Å². The number of carbonyl (C=O) groups is 1. The predicted octanol–water partition coefficient (Wildman–Crippen LogP) is 3.17. The SMILES string of the molecule is O=C(O)c1cn2nc(-c3ccc(C(F)(F)F)cc3)sc2n1. The summed E-state index contributed by atoms with van der Waals surface area (Å²) in [6.07, 6.45) is -3.13. The maximum Gasteiger partial charge on any atom is 0.416 e. The normalized spacial score (nSPS) is 12.0. The zero-order chi connectivity index (χ0) is 15.2. The molecule has 0 aliphatic heterocycles. The monoisotopic (exact) mass is 313 g/mol. The third-order valence-corrected chi connectivity index (χ3v) is 3.69. The molecular formula is C12H6F3N3O2S. The van der Waals surface area contributed by atoms with E-state index in [9.17, 15) is 18.0 Å². The van der Waals surface area contributed by atoms with Gasteiger partial charge in [-0.1, -0.05) is 23.5 Å². The van der Waals surface area contributed by atoms with E-state index >= 15 is 0 Å². The van der Waals surface area contributed by atoms with Gasteiger partial charge in [-0.15, -0.1) is 0 Å². The molecule has 0 fully saturated rings. The van der Waals surface area contributed by atoms with Crippen LogP contribution in [0.1, 0.15) is 16.1 Å². The van der Waals surface area contributed by atoms with Gasteiger partial charge in [0.1, 0.15) is 5.01 Å². The third-order valence-electron chi connectivity index (χ3n) is 2.72. The summed E-state index contributed by atoms with van der Waals surface area (Å²) in [4.78, 5) is 15.0. The van der Waals surface area contributed by atoms with Gasteiger partial charge in [-0.05, 0) is 12.1 Å². The number of aromatic nitrogens is 3. The van der Waals surface area contributed by atoms with Crippen LogP contribution in [0, 0.1) is 0 Å². The fraction of sp³-hybridized carbons (Fsp3) is 0.0833. The first-order valence-electron chi connectivity index (χ1n) is 5.62. The summed E-state index contributed by atoms with van der Waals surface area (Å²) in [6, 6.07) is 4.59. The van der Waals surface area contributed by atoms with E-state index in [1.165, 1.54) is 22.8 Å². The number of nitrogens with zero attached hydrogens (tertiary/aromatic N) is 3. The van der Waals surface area contributed by atoms with Crippen LogP contribution in [0.5, 0.6) is 0 Å². The van der Waals surface area contributed by atoms with Gasteiger partial charge < -0.3 is 5.11 Å². The van der Waals surface area contributed by atoms with Gasteiger partial charge in [0.25, 0.3) is 0 Å².